The highest BCUT2D eigenvalue weighted by atomic mass is 16.5. The van der Waals surface area contributed by atoms with Gasteiger partial charge in [-0.3, -0.25) is 19.3 Å². The van der Waals surface area contributed by atoms with Gasteiger partial charge in [-0.05, 0) is 61.3 Å². The minimum Gasteiger partial charge on any atom is -0.454 e. The summed E-state index contributed by atoms with van der Waals surface area (Å²) in [5.41, 5.74) is 2.64. The van der Waals surface area contributed by atoms with Crippen LogP contribution in [0.1, 0.15) is 31.4 Å². The Balaban J connectivity index is 1.42. The number of rotatable bonds is 6. The number of benzene rings is 1. The van der Waals surface area contributed by atoms with Gasteiger partial charge in [0, 0.05) is 5.69 Å². The van der Waals surface area contributed by atoms with Gasteiger partial charge in [-0.1, -0.05) is 32.1 Å². The number of allylic oxidation sites excluding steroid dienone is 2. The fourth-order valence-corrected chi connectivity index (χ4v) is 5.34. The van der Waals surface area contributed by atoms with Crippen molar-refractivity contribution in [1.29, 1.82) is 0 Å². The number of hydrogen-bond donors (Lipinski definition) is 1. The summed E-state index contributed by atoms with van der Waals surface area (Å²) in [6.07, 6.45) is 4.86. The minimum atomic E-state index is -1.03. The summed E-state index contributed by atoms with van der Waals surface area (Å²) in [5.74, 6) is -2.70. The van der Waals surface area contributed by atoms with E-state index in [0.717, 1.165) is 22.4 Å². The highest BCUT2D eigenvalue weighted by molar-refractivity contribution is 6.09. The Morgan fingerprint density at radius 2 is 1.58 bits per heavy atom. The summed E-state index contributed by atoms with van der Waals surface area (Å²) in [6, 6.07) is 4.61. The van der Waals surface area contributed by atoms with Crippen molar-refractivity contribution in [2.45, 2.75) is 40.2 Å². The van der Waals surface area contributed by atoms with Crippen LogP contribution in [0.2, 0.25) is 0 Å². The Labute approximate surface area is 181 Å². The number of carbonyl (C=O) groups is 4. The van der Waals surface area contributed by atoms with Crippen LogP contribution in [0.5, 0.6) is 0 Å². The highest BCUT2D eigenvalue weighted by Gasteiger charge is 2.61. The number of esters is 1. The van der Waals surface area contributed by atoms with Gasteiger partial charge in [0.05, 0.1) is 11.8 Å². The molecule has 2 bridgehead atoms. The summed E-state index contributed by atoms with van der Waals surface area (Å²) in [5, 5.41) is 2.71. The number of carbonyl (C=O) groups excluding carboxylic acids is 4. The van der Waals surface area contributed by atoms with E-state index < -0.39 is 24.5 Å². The van der Waals surface area contributed by atoms with Crippen LogP contribution in [0.3, 0.4) is 0 Å². The van der Waals surface area contributed by atoms with Crippen LogP contribution in [0, 0.1) is 43.4 Å². The molecular formula is C24H28N2O5. The number of anilines is 1. The third-order valence-electron chi connectivity index (χ3n) is 6.51. The third kappa shape index (κ3) is 3.77. The molecule has 4 rings (SSSR count). The molecule has 3 aliphatic rings. The maximum atomic E-state index is 13.1. The number of ether oxygens (including phenoxy) is 1. The van der Waals surface area contributed by atoms with Gasteiger partial charge in [-0.25, -0.2) is 4.79 Å². The summed E-state index contributed by atoms with van der Waals surface area (Å²) in [4.78, 5) is 52.4. The molecule has 1 aliphatic heterocycles. The van der Waals surface area contributed by atoms with Crippen LogP contribution >= 0.6 is 0 Å². The Kier molecular flexibility index (Phi) is 5.45. The Morgan fingerprint density at radius 3 is 2.10 bits per heavy atom. The van der Waals surface area contributed by atoms with Crippen molar-refractivity contribution in [2.75, 3.05) is 11.9 Å². The molecule has 7 nitrogen and oxygen atoms in total. The van der Waals surface area contributed by atoms with Gasteiger partial charge in [0.25, 0.3) is 5.91 Å². The topological polar surface area (TPSA) is 92.8 Å². The number of amides is 3. The maximum Gasteiger partial charge on any atom is 0.330 e. The van der Waals surface area contributed by atoms with Crippen molar-refractivity contribution in [2.24, 2.45) is 29.6 Å². The van der Waals surface area contributed by atoms with Crippen molar-refractivity contribution < 1.29 is 23.9 Å². The molecule has 31 heavy (non-hydrogen) atoms. The van der Waals surface area contributed by atoms with Crippen LogP contribution in [0.25, 0.3) is 0 Å². The molecular weight excluding hydrogens is 396 g/mol. The predicted molar refractivity (Wildman–Crippen MR) is 114 cm³/mol. The zero-order valence-electron chi connectivity index (χ0n) is 18.3. The summed E-state index contributed by atoms with van der Waals surface area (Å²) >= 11 is 0. The lowest BCUT2D eigenvalue weighted by Crippen LogP contribution is -2.50. The number of nitrogens with zero attached hydrogens (tertiary/aromatic N) is 1. The van der Waals surface area contributed by atoms with Gasteiger partial charge in [-0.2, -0.15) is 0 Å². The van der Waals surface area contributed by atoms with E-state index in [9.17, 15) is 19.2 Å². The Hall–Kier alpha value is -2.96. The van der Waals surface area contributed by atoms with Gasteiger partial charge in [-0.15, -0.1) is 0 Å². The molecule has 1 heterocycles. The van der Waals surface area contributed by atoms with Crippen molar-refractivity contribution >= 4 is 29.4 Å². The van der Waals surface area contributed by atoms with Gasteiger partial charge in [0.15, 0.2) is 6.61 Å². The van der Waals surface area contributed by atoms with E-state index in [1.54, 1.807) is 13.8 Å². The van der Waals surface area contributed by atoms with Crippen LogP contribution in [-0.2, 0) is 23.9 Å². The van der Waals surface area contributed by atoms with E-state index in [-0.39, 0.29) is 41.4 Å². The van der Waals surface area contributed by atoms with Crippen LogP contribution in [0.15, 0.2) is 30.4 Å². The smallest absolute Gasteiger partial charge is 0.330 e. The molecule has 1 saturated carbocycles. The first-order valence-electron chi connectivity index (χ1n) is 10.8. The van der Waals surface area contributed by atoms with E-state index >= 15 is 0 Å². The molecule has 0 unspecified atom stereocenters. The van der Waals surface area contributed by atoms with E-state index in [0.29, 0.717) is 5.69 Å². The number of nitrogens with one attached hydrogen (secondary N) is 1. The average molecular weight is 424 g/mol. The molecule has 0 spiro atoms. The maximum absolute atomic E-state index is 13.1. The van der Waals surface area contributed by atoms with Crippen molar-refractivity contribution in [3.05, 3.63) is 41.5 Å². The number of likely N-dealkylation sites (tertiary alicyclic amines) is 1. The molecule has 7 heteroatoms. The summed E-state index contributed by atoms with van der Waals surface area (Å²) in [7, 11) is 0. The SMILES string of the molecule is Cc1cc(C)cc(NC(=O)COC(=O)[C@H](C(C)C)N2C(=O)[C@@H]3[C@@H](C2=O)[C@H]2C=C[C@H]3C2)c1. The van der Waals surface area contributed by atoms with E-state index in [1.807, 2.05) is 44.2 Å². The largest absolute Gasteiger partial charge is 0.454 e. The van der Waals surface area contributed by atoms with Gasteiger partial charge in [0.1, 0.15) is 6.04 Å². The fraction of sp³-hybridized carbons (Fsp3) is 0.500. The zero-order chi connectivity index (χ0) is 22.4. The average Bonchev–Trinajstić information content (AvgIpc) is 3.35. The first kappa shape index (κ1) is 21.3. The van der Waals surface area contributed by atoms with E-state index in [1.165, 1.54) is 0 Å². The molecule has 0 aromatic heterocycles. The third-order valence-corrected chi connectivity index (χ3v) is 6.51. The van der Waals surface area contributed by atoms with Crippen LogP contribution < -0.4 is 5.32 Å². The summed E-state index contributed by atoms with van der Waals surface area (Å²) < 4.78 is 5.25. The fourth-order valence-electron chi connectivity index (χ4n) is 5.34. The molecule has 2 fully saturated rings. The van der Waals surface area contributed by atoms with Crippen LogP contribution in [0.4, 0.5) is 5.69 Å². The quantitative estimate of drug-likeness (QED) is 0.431. The molecule has 3 amide bonds. The lowest BCUT2D eigenvalue weighted by molar-refractivity contribution is -0.162. The molecule has 1 N–H and O–H groups in total. The standard InChI is InChI=1S/C24H28N2O5/c1-12(2)21(26-22(28)19-15-5-6-16(10-15)20(19)23(26)29)24(30)31-11-18(27)25-17-8-13(3)7-14(4)9-17/h5-9,12,15-16,19-21H,10-11H2,1-4H3,(H,25,27)/t15-,16-,19-,20-,21-/m0/s1. The van der Waals surface area contributed by atoms with E-state index in [4.69, 9.17) is 4.74 Å². The highest BCUT2D eigenvalue weighted by Crippen LogP contribution is 2.53. The zero-order valence-corrected chi connectivity index (χ0v) is 18.3. The molecule has 164 valence electrons. The molecule has 1 aromatic rings. The molecule has 1 saturated heterocycles. The molecule has 0 radical (unpaired) electrons. The Morgan fingerprint density at radius 1 is 1.03 bits per heavy atom. The van der Waals surface area contributed by atoms with Gasteiger partial charge >= 0.3 is 5.97 Å². The molecule has 1 aromatic carbocycles. The molecule has 5 atom stereocenters. The monoisotopic (exact) mass is 424 g/mol. The second kappa shape index (κ2) is 7.94. The number of aryl methyl sites for hydroxylation is 2. The lowest BCUT2D eigenvalue weighted by atomic mass is 9.85. The van der Waals surface area contributed by atoms with Gasteiger partial charge in [0.2, 0.25) is 11.8 Å². The first-order chi connectivity index (χ1) is 14.7. The minimum absolute atomic E-state index is 0.0730. The van der Waals surface area contributed by atoms with Crippen molar-refractivity contribution in [3.63, 3.8) is 0 Å². The normalized spacial score (nSPS) is 27.1. The van der Waals surface area contributed by atoms with Gasteiger partial charge < -0.3 is 10.1 Å². The summed E-state index contributed by atoms with van der Waals surface area (Å²) in [6.45, 7) is 6.91. The first-order valence-corrected chi connectivity index (χ1v) is 10.8. The second-order valence-electron chi connectivity index (χ2n) is 9.27. The van der Waals surface area contributed by atoms with Crippen LogP contribution in [-0.4, -0.2) is 41.2 Å². The number of fused-ring (bicyclic) bond motifs is 5. The number of imide groups is 1. The second-order valence-corrected chi connectivity index (χ2v) is 9.27. The predicted octanol–water partition coefficient (Wildman–Crippen LogP) is 2.62. The number of hydrogen-bond acceptors (Lipinski definition) is 5. The van der Waals surface area contributed by atoms with E-state index in [2.05, 4.69) is 5.32 Å². The molecule has 2 aliphatic carbocycles. The van der Waals surface area contributed by atoms with Crippen molar-refractivity contribution in [1.82, 2.24) is 4.90 Å². The van der Waals surface area contributed by atoms with Crippen molar-refractivity contribution in [3.8, 4) is 0 Å². The lowest BCUT2D eigenvalue weighted by Gasteiger charge is -2.28. The Bertz CT molecular complexity index is 932.